The van der Waals surface area contributed by atoms with Crippen molar-refractivity contribution in [3.63, 3.8) is 0 Å². The van der Waals surface area contributed by atoms with E-state index in [4.69, 9.17) is 4.74 Å². The first kappa shape index (κ1) is 24.0. The number of amides is 1. The summed E-state index contributed by atoms with van der Waals surface area (Å²) in [4.78, 5) is 18.1. The third-order valence-corrected chi connectivity index (χ3v) is 6.17. The minimum absolute atomic E-state index is 0.254. The van der Waals surface area contributed by atoms with Gasteiger partial charge >= 0.3 is 0 Å². The number of nitrogens with one attached hydrogen (secondary N) is 1. The van der Waals surface area contributed by atoms with Crippen LogP contribution in [0.1, 0.15) is 5.56 Å². The van der Waals surface area contributed by atoms with E-state index in [1.165, 1.54) is 4.90 Å². The van der Waals surface area contributed by atoms with E-state index < -0.39 is 22.0 Å². The van der Waals surface area contributed by atoms with Crippen LogP contribution in [-0.4, -0.2) is 50.4 Å². The van der Waals surface area contributed by atoms with Crippen molar-refractivity contribution in [2.45, 2.75) is 13.0 Å². The van der Waals surface area contributed by atoms with Gasteiger partial charge in [0.25, 0.3) is 5.91 Å². The maximum Gasteiger partial charge on any atom is 0.267 e. The zero-order chi connectivity index (χ0) is 24.0. The van der Waals surface area contributed by atoms with Crippen molar-refractivity contribution >= 4 is 27.4 Å². The Labute approximate surface area is 193 Å². The summed E-state index contributed by atoms with van der Waals surface area (Å²) in [6, 6.07) is 18.1. The number of ether oxygens (including phenoxy) is 1. The van der Waals surface area contributed by atoms with Crippen molar-refractivity contribution in [3.8, 4) is 11.5 Å². The van der Waals surface area contributed by atoms with E-state index in [9.17, 15) is 18.4 Å². The van der Waals surface area contributed by atoms with E-state index in [1.807, 2.05) is 31.2 Å². The summed E-state index contributed by atoms with van der Waals surface area (Å²) in [6.45, 7) is 1.73. The van der Waals surface area contributed by atoms with E-state index in [1.54, 1.807) is 61.2 Å². The molecule has 0 unspecified atom stereocenters. The van der Waals surface area contributed by atoms with Crippen LogP contribution in [0, 0.1) is 6.92 Å². The Balaban J connectivity index is 1.86. The average Bonchev–Trinajstić information content (AvgIpc) is 2.81. The molecule has 0 bridgehead atoms. The number of benzene rings is 2. The normalized spacial score (nSPS) is 12.0. The molecule has 1 atom stereocenters. The van der Waals surface area contributed by atoms with Gasteiger partial charge in [-0.05, 0) is 55.5 Å². The van der Waals surface area contributed by atoms with Crippen molar-refractivity contribution in [1.82, 2.24) is 10.5 Å². The lowest BCUT2D eigenvalue weighted by Gasteiger charge is -2.32. The van der Waals surface area contributed by atoms with Gasteiger partial charge in [0.1, 0.15) is 23.4 Å². The van der Waals surface area contributed by atoms with Crippen molar-refractivity contribution in [2.24, 2.45) is 0 Å². The zero-order valence-corrected chi connectivity index (χ0v) is 19.4. The number of nitrogens with zero attached hydrogens (tertiary/aromatic N) is 3. The number of hydroxylamine groups is 1. The minimum atomic E-state index is -3.76. The van der Waals surface area contributed by atoms with E-state index in [-0.39, 0.29) is 6.54 Å². The van der Waals surface area contributed by atoms with Crippen LogP contribution in [0.5, 0.6) is 11.5 Å². The molecule has 0 aliphatic heterocycles. The lowest BCUT2D eigenvalue weighted by molar-refractivity contribution is -0.130. The standard InChI is InChI=1S/C23H26N4O5S/c1-17-7-11-19(12-8-17)32-20-13-9-18(10-14-20)27(33(3,30)31)16-21(23(28)25-29)26(2)22-6-4-5-15-24-22/h4-15,21,29H,16H2,1-3H3,(H,25,28)/t21-/m0/s1. The molecule has 3 rings (SSSR count). The largest absolute Gasteiger partial charge is 0.457 e. The summed E-state index contributed by atoms with van der Waals surface area (Å²) in [5.41, 5.74) is 3.07. The molecule has 1 heterocycles. The first-order valence-electron chi connectivity index (χ1n) is 10.1. The van der Waals surface area contributed by atoms with Crippen LogP contribution in [0.25, 0.3) is 0 Å². The Bertz CT molecular complexity index is 1170. The summed E-state index contributed by atoms with van der Waals surface area (Å²) in [5.74, 6) is 0.869. The van der Waals surface area contributed by atoms with Gasteiger partial charge in [0.15, 0.2) is 0 Å². The third kappa shape index (κ3) is 6.21. The highest BCUT2D eigenvalue weighted by atomic mass is 32.2. The van der Waals surface area contributed by atoms with E-state index >= 15 is 0 Å². The van der Waals surface area contributed by atoms with Gasteiger partial charge in [0.05, 0.1) is 18.5 Å². The van der Waals surface area contributed by atoms with Crippen LogP contribution >= 0.6 is 0 Å². The number of carbonyl (C=O) groups is 1. The number of rotatable bonds is 9. The highest BCUT2D eigenvalue weighted by molar-refractivity contribution is 7.92. The van der Waals surface area contributed by atoms with Gasteiger partial charge in [-0.15, -0.1) is 0 Å². The van der Waals surface area contributed by atoms with E-state index in [0.29, 0.717) is 23.0 Å². The van der Waals surface area contributed by atoms with Gasteiger partial charge < -0.3 is 9.64 Å². The lowest BCUT2D eigenvalue weighted by Crippen LogP contribution is -2.52. The van der Waals surface area contributed by atoms with Gasteiger partial charge in [-0.1, -0.05) is 23.8 Å². The second-order valence-electron chi connectivity index (χ2n) is 7.49. The van der Waals surface area contributed by atoms with Gasteiger partial charge in [-0.3, -0.25) is 14.3 Å². The van der Waals surface area contributed by atoms with Crippen molar-refractivity contribution in [2.75, 3.05) is 29.1 Å². The molecule has 0 saturated heterocycles. The van der Waals surface area contributed by atoms with Crippen LogP contribution in [0.15, 0.2) is 72.9 Å². The molecule has 3 aromatic rings. The Morgan fingerprint density at radius 3 is 2.18 bits per heavy atom. The van der Waals surface area contributed by atoms with Gasteiger partial charge in [0.2, 0.25) is 10.0 Å². The molecule has 0 radical (unpaired) electrons. The number of aryl methyl sites for hydroxylation is 1. The van der Waals surface area contributed by atoms with Crippen molar-refractivity contribution < 1.29 is 23.2 Å². The number of sulfonamides is 1. The Hall–Kier alpha value is -3.63. The Morgan fingerprint density at radius 2 is 1.67 bits per heavy atom. The molecule has 0 saturated carbocycles. The molecular weight excluding hydrogens is 444 g/mol. The SMILES string of the molecule is Cc1ccc(Oc2ccc(N(C[C@@H](C(=O)NO)N(C)c3ccccn3)S(C)(=O)=O)cc2)cc1. The van der Waals surface area contributed by atoms with E-state index in [0.717, 1.165) is 16.1 Å². The summed E-state index contributed by atoms with van der Waals surface area (Å²) in [5, 5.41) is 9.25. The number of hydrogen-bond donors (Lipinski definition) is 2. The molecule has 33 heavy (non-hydrogen) atoms. The predicted octanol–water partition coefficient (Wildman–Crippen LogP) is 2.96. The van der Waals surface area contributed by atoms with Gasteiger partial charge in [-0.2, -0.15) is 0 Å². The first-order chi connectivity index (χ1) is 15.7. The summed E-state index contributed by atoms with van der Waals surface area (Å²) >= 11 is 0. The summed E-state index contributed by atoms with van der Waals surface area (Å²) < 4.78 is 32.1. The predicted molar refractivity (Wildman–Crippen MR) is 126 cm³/mol. The molecule has 9 nitrogen and oxygen atoms in total. The molecule has 1 aromatic heterocycles. The first-order valence-corrected chi connectivity index (χ1v) is 11.9. The monoisotopic (exact) mass is 470 g/mol. The maximum absolute atomic E-state index is 12.6. The van der Waals surface area contributed by atoms with Gasteiger partial charge in [-0.25, -0.2) is 18.9 Å². The molecule has 2 aromatic carbocycles. The average molecular weight is 471 g/mol. The highest BCUT2D eigenvalue weighted by Crippen LogP contribution is 2.26. The Morgan fingerprint density at radius 1 is 1.06 bits per heavy atom. The second-order valence-corrected chi connectivity index (χ2v) is 9.40. The minimum Gasteiger partial charge on any atom is -0.457 e. The lowest BCUT2D eigenvalue weighted by atomic mass is 10.2. The van der Waals surface area contributed by atoms with E-state index in [2.05, 4.69) is 4.98 Å². The third-order valence-electron chi connectivity index (χ3n) is 5.01. The number of carbonyl (C=O) groups excluding carboxylic acids is 1. The molecule has 0 spiro atoms. The Kier molecular flexibility index (Phi) is 7.52. The quantitative estimate of drug-likeness (QED) is 0.365. The fourth-order valence-corrected chi connectivity index (χ4v) is 4.11. The molecular formula is C23H26N4O5S. The van der Waals surface area contributed by atoms with Crippen LogP contribution in [-0.2, 0) is 14.8 Å². The highest BCUT2D eigenvalue weighted by Gasteiger charge is 2.30. The van der Waals surface area contributed by atoms with Crippen molar-refractivity contribution in [1.29, 1.82) is 0 Å². The summed E-state index contributed by atoms with van der Waals surface area (Å²) in [6.07, 6.45) is 2.61. The molecule has 0 aliphatic rings. The zero-order valence-electron chi connectivity index (χ0n) is 18.5. The van der Waals surface area contributed by atoms with Gasteiger partial charge in [0, 0.05) is 13.2 Å². The number of anilines is 2. The number of likely N-dealkylation sites (N-methyl/N-ethyl adjacent to an activating group) is 1. The number of hydrogen-bond acceptors (Lipinski definition) is 7. The molecule has 0 aliphatic carbocycles. The molecule has 10 heteroatoms. The molecule has 0 fully saturated rings. The van der Waals surface area contributed by atoms with Crippen LogP contribution in [0.3, 0.4) is 0 Å². The fourth-order valence-electron chi connectivity index (χ4n) is 3.19. The number of pyridine rings is 1. The smallest absolute Gasteiger partial charge is 0.267 e. The van der Waals surface area contributed by atoms with Crippen LogP contribution in [0.4, 0.5) is 11.5 Å². The molecule has 2 N–H and O–H groups in total. The van der Waals surface area contributed by atoms with Crippen LogP contribution in [0.2, 0.25) is 0 Å². The maximum atomic E-state index is 12.6. The number of aromatic nitrogens is 1. The topological polar surface area (TPSA) is 112 Å². The summed E-state index contributed by atoms with van der Waals surface area (Å²) in [7, 11) is -2.16. The fraction of sp³-hybridized carbons (Fsp3) is 0.217. The van der Waals surface area contributed by atoms with Crippen LogP contribution < -0.4 is 19.4 Å². The second kappa shape index (κ2) is 10.3. The van der Waals surface area contributed by atoms with Crippen molar-refractivity contribution in [3.05, 3.63) is 78.5 Å². The molecule has 174 valence electrons. The molecule has 1 amide bonds.